The molecule has 104 valence electrons. The van der Waals surface area contributed by atoms with Crippen LogP contribution in [0.3, 0.4) is 0 Å². The van der Waals surface area contributed by atoms with Crippen molar-refractivity contribution in [3.8, 4) is 0 Å². The highest BCUT2D eigenvalue weighted by molar-refractivity contribution is 5.79. The smallest absolute Gasteiger partial charge is 0.228 e. The van der Waals surface area contributed by atoms with Gasteiger partial charge in [-0.05, 0) is 18.4 Å². The number of rotatable bonds is 4. The monoisotopic (exact) mass is 262 g/mol. The zero-order valence-electron chi connectivity index (χ0n) is 11.4. The first-order valence-corrected chi connectivity index (χ1v) is 6.85. The molecule has 1 aromatic carbocycles. The Morgan fingerprint density at radius 3 is 2.84 bits per heavy atom. The van der Waals surface area contributed by atoms with Gasteiger partial charge in [-0.1, -0.05) is 30.3 Å². The van der Waals surface area contributed by atoms with Gasteiger partial charge < -0.3 is 15.4 Å². The highest BCUT2D eigenvalue weighted by atomic mass is 16.5. The number of carbonyl (C=O) groups is 1. The van der Waals surface area contributed by atoms with Gasteiger partial charge in [0.2, 0.25) is 5.91 Å². The van der Waals surface area contributed by atoms with Gasteiger partial charge in [-0.2, -0.15) is 0 Å². The van der Waals surface area contributed by atoms with E-state index >= 15 is 0 Å². The second-order valence-corrected chi connectivity index (χ2v) is 5.00. The number of nitrogens with two attached hydrogens (primary N) is 1. The van der Waals surface area contributed by atoms with E-state index < -0.39 is 0 Å². The predicted molar refractivity (Wildman–Crippen MR) is 74.6 cm³/mol. The summed E-state index contributed by atoms with van der Waals surface area (Å²) in [6.45, 7) is 1.81. The predicted octanol–water partition coefficient (Wildman–Crippen LogP) is 1.57. The van der Waals surface area contributed by atoms with Crippen molar-refractivity contribution in [3.63, 3.8) is 0 Å². The summed E-state index contributed by atoms with van der Waals surface area (Å²) < 4.78 is 5.85. The molecule has 0 radical (unpaired) electrons. The van der Waals surface area contributed by atoms with E-state index in [-0.39, 0.29) is 17.9 Å². The molecule has 4 heteroatoms. The number of hydrogen-bond donors (Lipinski definition) is 1. The van der Waals surface area contributed by atoms with E-state index in [9.17, 15) is 4.79 Å². The minimum atomic E-state index is -0.123. The molecule has 0 spiro atoms. The van der Waals surface area contributed by atoms with E-state index in [2.05, 4.69) is 0 Å². The third-order valence-corrected chi connectivity index (χ3v) is 3.61. The molecule has 2 N–H and O–H groups in total. The fourth-order valence-corrected chi connectivity index (χ4v) is 2.59. The lowest BCUT2D eigenvalue weighted by Crippen LogP contribution is -2.40. The van der Waals surface area contributed by atoms with Crippen LogP contribution in [-0.4, -0.2) is 37.6 Å². The molecule has 2 atom stereocenters. The Hall–Kier alpha value is -1.39. The van der Waals surface area contributed by atoms with Crippen molar-refractivity contribution in [2.75, 3.05) is 26.7 Å². The largest absolute Gasteiger partial charge is 0.373 e. The Morgan fingerprint density at radius 2 is 2.16 bits per heavy atom. The number of carbonyl (C=O) groups excluding carboxylic acids is 1. The number of hydrogen-bond acceptors (Lipinski definition) is 3. The van der Waals surface area contributed by atoms with Crippen molar-refractivity contribution < 1.29 is 9.53 Å². The lowest BCUT2D eigenvalue weighted by atomic mass is 9.88. The van der Waals surface area contributed by atoms with Crippen LogP contribution in [-0.2, 0) is 9.53 Å². The maximum absolute atomic E-state index is 12.5. The van der Waals surface area contributed by atoms with Crippen LogP contribution in [0.4, 0.5) is 0 Å². The third kappa shape index (κ3) is 3.33. The van der Waals surface area contributed by atoms with Crippen molar-refractivity contribution in [3.05, 3.63) is 35.9 Å². The number of amides is 1. The molecule has 0 aliphatic carbocycles. The quantitative estimate of drug-likeness (QED) is 0.896. The molecule has 1 aliphatic rings. The van der Waals surface area contributed by atoms with E-state index in [1.165, 1.54) is 0 Å². The van der Waals surface area contributed by atoms with Gasteiger partial charge in [0.1, 0.15) is 0 Å². The fourth-order valence-electron chi connectivity index (χ4n) is 2.59. The molecular formula is C15H22N2O2. The maximum Gasteiger partial charge on any atom is 0.228 e. The average Bonchev–Trinajstić information content (AvgIpc) is 2.47. The van der Waals surface area contributed by atoms with E-state index in [4.69, 9.17) is 10.5 Å². The van der Waals surface area contributed by atoms with Crippen molar-refractivity contribution in [1.29, 1.82) is 0 Å². The Bertz CT molecular complexity index is 408. The summed E-state index contributed by atoms with van der Waals surface area (Å²) >= 11 is 0. The van der Waals surface area contributed by atoms with Gasteiger partial charge in [0.15, 0.2) is 0 Å². The van der Waals surface area contributed by atoms with Crippen LogP contribution in [0.15, 0.2) is 30.3 Å². The van der Waals surface area contributed by atoms with Gasteiger partial charge >= 0.3 is 0 Å². The Kier molecular flexibility index (Phi) is 4.93. The Morgan fingerprint density at radius 1 is 1.42 bits per heavy atom. The molecule has 1 heterocycles. The lowest BCUT2D eigenvalue weighted by molar-refractivity contribution is -0.144. The fraction of sp³-hybridized carbons (Fsp3) is 0.533. The molecule has 2 rings (SSSR count). The van der Waals surface area contributed by atoms with Crippen LogP contribution >= 0.6 is 0 Å². The molecular weight excluding hydrogens is 240 g/mol. The van der Waals surface area contributed by atoms with Gasteiger partial charge in [0, 0.05) is 26.7 Å². The van der Waals surface area contributed by atoms with Crippen molar-refractivity contribution in [1.82, 2.24) is 4.90 Å². The maximum atomic E-state index is 12.5. The van der Waals surface area contributed by atoms with Crippen LogP contribution in [0.1, 0.15) is 24.5 Å². The molecule has 4 nitrogen and oxygen atoms in total. The molecule has 1 amide bonds. The summed E-state index contributed by atoms with van der Waals surface area (Å²) in [5, 5.41) is 0. The van der Waals surface area contributed by atoms with Crippen molar-refractivity contribution in [2.24, 2.45) is 11.7 Å². The Labute approximate surface area is 114 Å². The third-order valence-electron chi connectivity index (χ3n) is 3.61. The van der Waals surface area contributed by atoms with Gasteiger partial charge in [0.05, 0.1) is 12.0 Å². The van der Waals surface area contributed by atoms with Gasteiger partial charge in [-0.15, -0.1) is 0 Å². The number of ether oxygens (including phenoxy) is 1. The number of benzene rings is 1. The summed E-state index contributed by atoms with van der Waals surface area (Å²) in [5.74, 6) is 0.0479. The van der Waals surface area contributed by atoms with Crippen molar-refractivity contribution >= 4 is 5.91 Å². The van der Waals surface area contributed by atoms with E-state index in [1.807, 2.05) is 37.4 Å². The topological polar surface area (TPSA) is 55.6 Å². The minimum absolute atomic E-state index is 0.0901. The second kappa shape index (κ2) is 6.68. The molecule has 1 aromatic rings. The summed E-state index contributed by atoms with van der Waals surface area (Å²) in [5.41, 5.74) is 6.60. The Balaban J connectivity index is 2.14. The first-order valence-electron chi connectivity index (χ1n) is 6.85. The highest BCUT2D eigenvalue weighted by Crippen LogP contribution is 2.34. The van der Waals surface area contributed by atoms with Crippen LogP contribution < -0.4 is 5.73 Å². The zero-order chi connectivity index (χ0) is 13.7. The summed E-state index contributed by atoms with van der Waals surface area (Å²) in [6, 6.07) is 10.00. The average molecular weight is 262 g/mol. The number of nitrogens with zero attached hydrogens (tertiary/aromatic N) is 1. The van der Waals surface area contributed by atoms with Crippen LogP contribution in [0.2, 0.25) is 0 Å². The van der Waals surface area contributed by atoms with E-state index in [0.29, 0.717) is 13.1 Å². The molecule has 1 fully saturated rings. The molecule has 0 bridgehead atoms. The summed E-state index contributed by atoms with van der Waals surface area (Å²) in [6.07, 6.45) is 1.70. The SMILES string of the molecule is CN(CCN)C(=O)[C@H]1CCCO[C@@H]1c1ccccc1. The van der Waals surface area contributed by atoms with Gasteiger partial charge in [-0.3, -0.25) is 4.79 Å². The van der Waals surface area contributed by atoms with E-state index in [1.54, 1.807) is 4.90 Å². The summed E-state index contributed by atoms with van der Waals surface area (Å²) in [7, 11) is 1.81. The molecule has 19 heavy (non-hydrogen) atoms. The molecule has 0 unspecified atom stereocenters. The first-order chi connectivity index (χ1) is 9.24. The number of likely N-dealkylation sites (N-methyl/N-ethyl adjacent to an activating group) is 1. The standard InChI is InChI=1S/C15H22N2O2/c1-17(10-9-16)15(18)13-8-5-11-19-14(13)12-6-3-2-4-7-12/h2-4,6-7,13-14H,5,8-11,16H2,1H3/t13-,14+/m0/s1. The minimum Gasteiger partial charge on any atom is -0.373 e. The van der Waals surface area contributed by atoms with E-state index in [0.717, 1.165) is 25.0 Å². The molecule has 1 aliphatic heterocycles. The van der Waals surface area contributed by atoms with Crippen molar-refractivity contribution in [2.45, 2.75) is 18.9 Å². The normalized spacial score (nSPS) is 23.1. The highest BCUT2D eigenvalue weighted by Gasteiger charge is 2.34. The summed E-state index contributed by atoms with van der Waals surface area (Å²) in [4.78, 5) is 14.2. The van der Waals surface area contributed by atoms with Gasteiger partial charge in [-0.25, -0.2) is 0 Å². The zero-order valence-corrected chi connectivity index (χ0v) is 11.4. The lowest BCUT2D eigenvalue weighted by Gasteiger charge is -2.33. The van der Waals surface area contributed by atoms with Crippen LogP contribution in [0.5, 0.6) is 0 Å². The van der Waals surface area contributed by atoms with Gasteiger partial charge in [0.25, 0.3) is 0 Å². The molecule has 0 aromatic heterocycles. The molecule has 1 saturated heterocycles. The first kappa shape index (κ1) is 14.0. The van der Waals surface area contributed by atoms with Crippen LogP contribution in [0.25, 0.3) is 0 Å². The second-order valence-electron chi connectivity index (χ2n) is 5.00. The van der Waals surface area contributed by atoms with Crippen LogP contribution in [0, 0.1) is 5.92 Å². The molecule has 0 saturated carbocycles.